The number of nitrogens with one attached hydrogen (secondary N) is 1. The lowest BCUT2D eigenvalue weighted by Crippen LogP contribution is -2.39. The summed E-state index contributed by atoms with van der Waals surface area (Å²) in [4.78, 5) is 12.4. The molecule has 1 aliphatic carbocycles. The van der Waals surface area contributed by atoms with Gasteiger partial charge in [-0.25, -0.2) is 0 Å². The second kappa shape index (κ2) is 7.13. The van der Waals surface area contributed by atoms with Gasteiger partial charge < -0.3 is 16.2 Å². The third kappa shape index (κ3) is 3.55. The molecule has 0 radical (unpaired) electrons. The van der Waals surface area contributed by atoms with E-state index in [1.165, 1.54) is 0 Å². The second-order valence-corrected chi connectivity index (χ2v) is 5.84. The van der Waals surface area contributed by atoms with Crippen LogP contribution < -0.4 is 11.1 Å². The van der Waals surface area contributed by atoms with Crippen LogP contribution in [0.1, 0.15) is 34.3 Å². The third-order valence-corrected chi connectivity index (χ3v) is 4.22. The zero-order chi connectivity index (χ0) is 15.7. The minimum Gasteiger partial charge on any atom is -0.390 e. The molecule has 2 aromatic rings. The van der Waals surface area contributed by atoms with E-state index in [1.54, 1.807) is 0 Å². The molecule has 0 saturated carbocycles. The molecular weight excluding hydrogens is 312 g/mol. The minimum atomic E-state index is -0.736. The first-order chi connectivity index (χ1) is 10.6. The number of fused-ring (bicyclic) bond motifs is 1. The van der Waals surface area contributed by atoms with E-state index in [2.05, 4.69) is 5.32 Å². The van der Waals surface area contributed by atoms with E-state index < -0.39 is 12.1 Å². The highest BCUT2D eigenvalue weighted by atomic mass is 35.5. The summed E-state index contributed by atoms with van der Waals surface area (Å²) in [6.45, 7) is 1.99. The number of aliphatic hydroxyl groups is 1. The van der Waals surface area contributed by atoms with Crippen LogP contribution in [0.5, 0.6) is 0 Å². The van der Waals surface area contributed by atoms with Crippen molar-refractivity contribution in [2.24, 2.45) is 5.73 Å². The third-order valence-electron chi connectivity index (χ3n) is 4.22. The van der Waals surface area contributed by atoms with Crippen LogP contribution in [0.2, 0.25) is 0 Å². The number of nitrogens with two attached hydrogens (primary N) is 1. The van der Waals surface area contributed by atoms with Gasteiger partial charge in [-0.3, -0.25) is 4.79 Å². The summed E-state index contributed by atoms with van der Waals surface area (Å²) in [6.07, 6.45) is -0.0486. The quantitative estimate of drug-likeness (QED) is 0.806. The molecule has 3 atom stereocenters. The number of hydrogen-bond donors (Lipinski definition) is 3. The molecule has 0 saturated heterocycles. The number of benzene rings is 2. The molecule has 0 aliphatic heterocycles. The van der Waals surface area contributed by atoms with Crippen LogP contribution in [-0.4, -0.2) is 17.1 Å². The summed E-state index contributed by atoms with van der Waals surface area (Å²) in [7, 11) is 0. The van der Waals surface area contributed by atoms with Gasteiger partial charge in [0, 0.05) is 6.42 Å². The molecule has 0 heterocycles. The maximum atomic E-state index is 12.4. The van der Waals surface area contributed by atoms with Gasteiger partial charge in [0.15, 0.2) is 0 Å². The van der Waals surface area contributed by atoms with Crippen LogP contribution in [-0.2, 0) is 11.2 Å². The van der Waals surface area contributed by atoms with Gasteiger partial charge in [-0.1, -0.05) is 54.1 Å². The van der Waals surface area contributed by atoms with Gasteiger partial charge in [0.1, 0.15) is 6.04 Å². The molecule has 0 bridgehead atoms. The van der Waals surface area contributed by atoms with Crippen molar-refractivity contribution in [3.63, 3.8) is 0 Å². The SMILES string of the molecule is Cc1ccc(C(N)C(=O)N[C@H]2c3ccccc3C[C@H]2O)cc1.Cl. The van der Waals surface area contributed by atoms with E-state index >= 15 is 0 Å². The minimum absolute atomic E-state index is 0. The van der Waals surface area contributed by atoms with Crippen molar-refractivity contribution < 1.29 is 9.90 Å². The van der Waals surface area contributed by atoms with E-state index in [1.807, 2.05) is 55.5 Å². The predicted molar refractivity (Wildman–Crippen MR) is 92.4 cm³/mol. The summed E-state index contributed by atoms with van der Waals surface area (Å²) in [6, 6.07) is 14.2. The van der Waals surface area contributed by atoms with Gasteiger partial charge >= 0.3 is 0 Å². The average molecular weight is 333 g/mol. The topological polar surface area (TPSA) is 75.4 Å². The molecule has 1 aliphatic rings. The number of carbonyl (C=O) groups is 1. The number of halogens is 1. The molecule has 1 unspecified atom stereocenters. The summed E-state index contributed by atoms with van der Waals surface area (Å²) in [5, 5.41) is 13.1. The first kappa shape index (κ1) is 17.5. The Balaban J connectivity index is 0.00000192. The van der Waals surface area contributed by atoms with Gasteiger partial charge in [0.25, 0.3) is 0 Å². The fourth-order valence-corrected chi connectivity index (χ4v) is 2.92. The summed E-state index contributed by atoms with van der Waals surface area (Å²) in [5.41, 5.74) is 9.97. The normalized spacial score (nSPS) is 20.3. The summed E-state index contributed by atoms with van der Waals surface area (Å²) < 4.78 is 0. The van der Waals surface area contributed by atoms with Crippen molar-refractivity contribution >= 4 is 18.3 Å². The van der Waals surface area contributed by atoms with E-state index in [4.69, 9.17) is 5.73 Å². The van der Waals surface area contributed by atoms with Crippen LogP contribution in [0.3, 0.4) is 0 Å². The molecule has 1 amide bonds. The first-order valence-electron chi connectivity index (χ1n) is 7.44. The second-order valence-electron chi connectivity index (χ2n) is 5.84. The van der Waals surface area contributed by atoms with Gasteiger partial charge in [0.05, 0.1) is 12.1 Å². The highest BCUT2D eigenvalue weighted by molar-refractivity contribution is 5.85. The highest BCUT2D eigenvalue weighted by Gasteiger charge is 2.33. The molecule has 0 fully saturated rings. The van der Waals surface area contributed by atoms with E-state index in [0.29, 0.717) is 6.42 Å². The van der Waals surface area contributed by atoms with E-state index in [9.17, 15) is 9.90 Å². The van der Waals surface area contributed by atoms with Crippen molar-refractivity contribution in [1.82, 2.24) is 5.32 Å². The maximum absolute atomic E-state index is 12.4. The number of aliphatic hydroxyl groups excluding tert-OH is 1. The van der Waals surface area contributed by atoms with Crippen LogP contribution in [0.15, 0.2) is 48.5 Å². The maximum Gasteiger partial charge on any atom is 0.242 e. The van der Waals surface area contributed by atoms with Crippen molar-refractivity contribution in [3.05, 3.63) is 70.8 Å². The Morgan fingerprint density at radius 1 is 1.22 bits per heavy atom. The fraction of sp³-hybridized carbons (Fsp3) is 0.278. The van der Waals surface area contributed by atoms with Crippen LogP contribution in [0, 0.1) is 6.92 Å². The van der Waals surface area contributed by atoms with Crippen LogP contribution in [0.25, 0.3) is 0 Å². The molecule has 4 nitrogen and oxygen atoms in total. The molecule has 4 N–H and O–H groups in total. The molecular formula is C18H21ClN2O2. The molecule has 5 heteroatoms. The number of hydrogen-bond acceptors (Lipinski definition) is 3. The summed E-state index contributed by atoms with van der Waals surface area (Å²) >= 11 is 0. The predicted octanol–water partition coefficient (Wildman–Crippen LogP) is 2.19. The van der Waals surface area contributed by atoms with E-state index in [-0.39, 0.29) is 24.4 Å². The Morgan fingerprint density at radius 3 is 2.57 bits per heavy atom. The largest absolute Gasteiger partial charge is 0.390 e. The van der Waals surface area contributed by atoms with Crippen LogP contribution >= 0.6 is 12.4 Å². The van der Waals surface area contributed by atoms with Gasteiger partial charge in [-0.2, -0.15) is 0 Å². The number of amides is 1. The van der Waals surface area contributed by atoms with Gasteiger partial charge in [0.2, 0.25) is 5.91 Å². The van der Waals surface area contributed by atoms with Crippen molar-refractivity contribution in [3.8, 4) is 0 Å². The van der Waals surface area contributed by atoms with Crippen molar-refractivity contribution in [2.75, 3.05) is 0 Å². The molecule has 2 aromatic carbocycles. The lowest BCUT2D eigenvalue weighted by Gasteiger charge is -2.21. The Hall–Kier alpha value is -1.88. The monoisotopic (exact) mass is 332 g/mol. The Labute approximate surface area is 142 Å². The number of aryl methyl sites for hydroxylation is 1. The molecule has 122 valence electrons. The van der Waals surface area contributed by atoms with Crippen LogP contribution in [0.4, 0.5) is 0 Å². The van der Waals surface area contributed by atoms with E-state index in [0.717, 1.165) is 22.3 Å². The Bertz CT molecular complexity index is 688. The lowest BCUT2D eigenvalue weighted by atomic mass is 10.0. The van der Waals surface area contributed by atoms with Crippen molar-refractivity contribution in [1.29, 1.82) is 0 Å². The van der Waals surface area contributed by atoms with Gasteiger partial charge in [-0.05, 0) is 23.6 Å². The number of carbonyl (C=O) groups excluding carboxylic acids is 1. The molecule has 3 rings (SSSR count). The zero-order valence-corrected chi connectivity index (χ0v) is 13.7. The molecule has 23 heavy (non-hydrogen) atoms. The first-order valence-corrected chi connectivity index (χ1v) is 7.44. The van der Waals surface area contributed by atoms with Gasteiger partial charge in [-0.15, -0.1) is 12.4 Å². The van der Waals surface area contributed by atoms with Crippen molar-refractivity contribution in [2.45, 2.75) is 31.5 Å². The fourth-order valence-electron chi connectivity index (χ4n) is 2.92. The number of rotatable bonds is 3. The molecule has 0 aromatic heterocycles. The average Bonchev–Trinajstić information content (AvgIpc) is 2.83. The Morgan fingerprint density at radius 2 is 1.87 bits per heavy atom. The standard InChI is InChI=1S/C18H20N2O2.ClH/c1-11-6-8-12(9-7-11)16(19)18(22)20-17-14-5-3-2-4-13(14)10-15(17)21;/h2-9,15-17,21H,10,19H2,1H3,(H,20,22);1H/t15-,16?,17+;/m1./s1. The summed E-state index contributed by atoms with van der Waals surface area (Å²) in [5.74, 6) is -0.274. The zero-order valence-electron chi connectivity index (χ0n) is 12.9. The highest BCUT2D eigenvalue weighted by Crippen LogP contribution is 2.31. The smallest absolute Gasteiger partial charge is 0.242 e. The Kier molecular flexibility index (Phi) is 5.42. The lowest BCUT2D eigenvalue weighted by molar-refractivity contribution is -0.124. The molecule has 0 spiro atoms.